The molecule has 2 rings (SSSR count). The molecule has 0 aliphatic rings. The van der Waals surface area contributed by atoms with Crippen LogP contribution in [0.4, 0.5) is 0 Å². The van der Waals surface area contributed by atoms with Crippen molar-refractivity contribution in [3.05, 3.63) is 57.1 Å². The van der Waals surface area contributed by atoms with E-state index in [-0.39, 0.29) is 26.2 Å². The molecule has 0 radical (unpaired) electrons. The maximum absolute atomic E-state index is 13.0. The van der Waals surface area contributed by atoms with E-state index in [1.807, 2.05) is 32.0 Å². The predicted molar refractivity (Wildman–Crippen MR) is 121 cm³/mol. The van der Waals surface area contributed by atoms with E-state index in [1.165, 1.54) is 27.4 Å². The zero-order valence-corrected chi connectivity index (χ0v) is 19.9. The standard InChI is InChI=1S/C23H27BrO7/c1-15-8-16(2)22(20(9-15)29-12-26-3)19(25)7-6-17-10-18(24)23(31-14-28-5)21(11-17)30-13-27-4/h6-11H,12-14H2,1-5H3/b7-6+. The summed E-state index contributed by atoms with van der Waals surface area (Å²) in [5.41, 5.74) is 3.06. The van der Waals surface area contributed by atoms with Crippen molar-refractivity contribution in [1.82, 2.24) is 0 Å². The molecule has 0 bridgehead atoms. The molecule has 0 saturated carbocycles. The van der Waals surface area contributed by atoms with Gasteiger partial charge in [0.1, 0.15) is 5.75 Å². The van der Waals surface area contributed by atoms with E-state index in [9.17, 15) is 4.79 Å². The Morgan fingerprint density at radius 2 is 1.48 bits per heavy atom. The van der Waals surface area contributed by atoms with Crippen molar-refractivity contribution >= 4 is 27.8 Å². The van der Waals surface area contributed by atoms with Crippen molar-refractivity contribution in [1.29, 1.82) is 0 Å². The Morgan fingerprint density at radius 1 is 0.871 bits per heavy atom. The lowest BCUT2D eigenvalue weighted by atomic mass is 10.00. The molecule has 0 saturated heterocycles. The van der Waals surface area contributed by atoms with E-state index in [1.54, 1.807) is 12.1 Å². The van der Waals surface area contributed by atoms with E-state index in [0.29, 0.717) is 27.3 Å². The maximum atomic E-state index is 13.0. The van der Waals surface area contributed by atoms with Crippen LogP contribution in [0.15, 0.2) is 34.8 Å². The van der Waals surface area contributed by atoms with Crippen LogP contribution in [-0.4, -0.2) is 47.5 Å². The van der Waals surface area contributed by atoms with Gasteiger partial charge in [-0.1, -0.05) is 12.1 Å². The van der Waals surface area contributed by atoms with E-state index < -0.39 is 0 Å². The van der Waals surface area contributed by atoms with Crippen LogP contribution in [0, 0.1) is 13.8 Å². The zero-order chi connectivity index (χ0) is 22.8. The van der Waals surface area contributed by atoms with Gasteiger partial charge in [0.25, 0.3) is 0 Å². The summed E-state index contributed by atoms with van der Waals surface area (Å²) in [6.07, 6.45) is 3.20. The van der Waals surface area contributed by atoms with Crippen molar-refractivity contribution in [3.8, 4) is 17.2 Å². The lowest BCUT2D eigenvalue weighted by molar-refractivity contribution is 0.0318. The summed E-state index contributed by atoms with van der Waals surface area (Å²) >= 11 is 3.48. The van der Waals surface area contributed by atoms with E-state index in [0.717, 1.165) is 16.7 Å². The quantitative estimate of drug-likeness (QED) is 0.235. The second-order valence-electron chi connectivity index (χ2n) is 6.64. The Kier molecular flexibility index (Phi) is 10.00. The number of ketones is 1. The number of benzene rings is 2. The monoisotopic (exact) mass is 494 g/mol. The molecule has 7 nitrogen and oxygen atoms in total. The average Bonchev–Trinajstić information content (AvgIpc) is 2.73. The molecule has 0 atom stereocenters. The molecule has 2 aromatic carbocycles. The number of halogens is 1. The van der Waals surface area contributed by atoms with Gasteiger partial charge in [-0.2, -0.15) is 0 Å². The van der Waals surface area contributed by atoms with Crippen LogP contribution in [0.1, 0.15) is 27.0 Å². The number of hydrogen-bond acceptors (Lipinski definition) is 7. The number of carbonyl (C=O) groups is 1. The van der Waals surface area contributed by atoms with Gasteiger partial charge in [-0.3, -0.25) is 4.79 Å². The summed E-state index contributed by atoms with van der Waals surface area (Å²) in [5.74, 6) is 1.24. The van der Waals surface area contributed by atoms with Gasteiger partial charge in [0.15, 0.2) is 37.7 Å². The molecule has 0 aliphatic carbocycles. The molecular weight excluding hydrogens is 468 g/mol. The Hall–Kier alpha value is -2.39. The summed E-state index contributed by atoms with van der Waals surface area (Å²) < 4.78 is 32.4. The van der Waals surface area contributed by atoms with Crippen LogP contribution in [-0.2, 0) is 14.2 Å². The minimum absolute atomic E-state index is 0.0463. The first-order valence-corrected chi connectivity index (χ1v) is 10.2. The van der Waals surface area contributed by atoms with Crippen LogP contribution in [0.5, 0.6) is 17.2 Å². The minimum Gasteiger partial charge on any atom is -0.467 e. The Balaban J connectivity index is 2.34. The molecule has 2 aromatic rings. The lowest BCUT2D eigenvalue weighted by Crippen LogP contribution is -2.07. The van der Waals surface area contributed by atoms with Crippen LogP contribution in [0.25, 0.3) is 6.08 Å². The number of carbonyl (C=O) groups excluding carboxylic acids is 1. The molecule has 0 unspecified atom stereocenters. The van der Waals surface area contributed by atoms with Gasteiger partial charge < -0.3 is 28.4 Å². The van der Waals surface area contributed by atoms with E-state index >= 15 is 0 Å². The van der Waals surface area contributed by atoms with Gasteiger partial charge in [-0.25, -0.2) is 0 Å². The summed E-state index contributed by atoms with van der Waals surface area (Å²) in [6.45, 7) is 3.99. The van der Waals surface area contributed by atoms with Crippen molar-refractivity contribution < 1.29 is 33.2 Å². The van der Waals surface area contributed by atoms with Gasteiger partial charge >= 0.3 is 0 Å². The Morgan fingerprint density at radius 3 is 2.13 bits per heavy atom. The average molecular weight is 495 g/mol. The zero-order valence-electron chi connectivity index (χ0n) is 18.3. The number of allylic oxidation sites excluding steroid dienone is 1. The molecule has 168 valence electrons. The molecule has 31 heavy (non-hydrogen) atoms. The fourth-order valence-corrected chi connectivity index (χ4v) is 3.48. The fourth-order valence-electron chi connectivity index (χ4n) is 2.91. The molecule has 0 amide bonds. The van der Waals surface area contributed by atoms with Crippen LogP contribution >= 0.6 is 15.9 Å². The summed E-state index contributed by atoms with van der Waals surface area (Å²) in [7, 11) is 4.59. The molecule has 0 aromatic heterocycles. The molecule has 0 N–H and O–H groups in total. The van der Waals surface area contributed by atoms with Crippen molar-refractivity contribution in [2.24, 2.45) is 0 Å². The van der Waals surface area contributed by atoms with E-state index in [2.05, 4.69) is 15.9 Å². The van der Waals surface area contributed by atoms with E-state index in [4.69, 9.17) is 28.4 Å². The van der Waals surface area contributed by atoms with Crippen LogP contribution < -0.4 is 14.2 Å². The number of aryl methyl sites for hydroxylation is 2. The number of rotatable bonds is 12. The van der Waals surface area contributed by atoms with Crippen LogP contribution in [0.2, 0.25) is 0 Å². The first-order valence-electron chi connectivity index (χ1n) is 9.43. The third-order valence-electron chi connectivity index (χ3n) is 4.13. The minimum atomic E-state index is -0.182. The van der Waals surface area contributed by atoms with Gasteiger partial charge in [0.05, 0.1) is 10.0 Å². The Labute approximate surface area is 191 Å². The Bertz CT molecular complexity index is 925. The van der Waals surface area contributed by atoms with Gasteiger partial charge in [-0.15, -0.1) is 0 Å². The highest BCUT2D eigenvalue weighted by Gasteiger charge is 2.16. The molecule has 0 heterocycles. The highest BCUT2D eigenvalue weighted by atomic mass is 79.9. The highest BCUT2D eigenvalue weighted by Crippen LogP contribution is 2.37. The normalized spacial score (nSPS) is 11.0. The number of methoxy groups -OCH3 is 3. The lowest BCUT2D eigenvalue weighted by Gasteiger charge is -2.14. The van der Waals surface area contributed by atoms with Gasteiger partial charge in [0.2, 0.25) is 0 Å². The number of ether oxygens (including phenoxy) is 6. The van der Waals surface area contributed by atoms with Crippen molar-refractivity contribution in [3.63, 3.8) is 0 Å². The number of hydrogen-bond donors (Lipinski definition) is 0. The maximum Gasteiger partial charge on any atom is 0.189 e. The predicted octanol–water partition coefficient (Wildman–Crippen LogP) is 4.91. The van der Waals surface area contributed by atoms with Crippen molar-refractivity contribution in [2.75, 3.05) is 41.7 Å². The first kappa shape index (κ1) is 24.9. The largest absolute Gasteiger partial charge is 0.467 e. The highest BCUT2D eigenvalue weighted by molar-refractivity contribution is 9.10. The molecule has 0 spiro atoms. The topological polar surface area (TPSA) is 72.5 Å². The third-order valence-corrected chi connectivity index (χ3v) is 4.72. The SMILES string of the molecule is COCOc1cc(/C=C/C(=O)c2c(C)cc(C)cc2OCOC)cc(Br)c1OCOC. The smallest absolute Gasteiger partial charge is 0.189 e. The fraction of sp³-hybridized carbons (Fsp3) is 0.348. The van der Waals surface area contributed by atoms with Gasteiger partial charge in [0, 0.05) is 21.3 Å². The molecule has 0 fully saturated rings. The molecule has 8 heteroatoms. The van der Waals surface area contributed by atoms with Crippen LogP contribution in [0.3, 0.4) is 0 Å². The molecule has 0 aliphatic heterocycles. The van der Waals surface area contributed by atoms with Gasteiger partial charge in [-0.05, 0) is 70.7 Å². The third kappa shape index (κ3) is 7.07. The molecular formula is C23H27BrO7. The van der Waals surface area contributed by atoms with Crippen molar-refractivity contribution in [2.45, 2.75) is 13.8 Å². The second-order valence-corrected chi connectivity index (χ2v) is 7.49. The summed E-state index contributed by atoms with van der Waals surface area (Å²) in [4.78, 5) is 13.0. The first-order chi connectivity index (χ1) is 14.9. The second kappa shape index (κ2) is 12.5. The summed E-state index contributed by atoms with van der Waals surface area (Å²) in [5, 5.41) is 0. The summed E-state index contributed by atoms with van der Waals surface area (Å²) in [6, 6.07) is 7.33.